The smallest absolute Gasteiger partial charge is 0.329 e. The summed E-state index contributed by atoms with van der Waals surface area (Å²) >= 11 is 0. The third-order valence-electron chi connectivity index (χ3n) is 6.55. The number of urea groups is 1. The predicted octanol–water partition coefficient (Wildman–Crippen LogP) is 4.93. The molecule has 1 aliphatic heterocycles. The lowest BCUT2D eigenvalue weighted by molar-refractivity contribution is -0.145. The quantitative estimate of drug-likeness (QED) is 0.522. The van der Waals surface area contributed by atoms with E-state index in [1.807, 2.05) is 49.5 Å². The monoisotopic (exact) mass is 451 g/mol. The molecule has 33 heavy (non-hydrogen) atoms. The number of para-hydroxylation sites is 1. The summed E-state index contributed by atoms with van der Waals surface area (Å²) in [4.78, 5) is 30.9. The Balaban J connectivity index is 1.45. The van der Waals surface area contributed by atoms with Crippen LogP contribution in [0.1, 0.15) is 49.7 Å². The van der Waals surface area contributed by atoms with Crippen LogP contribution < -0.4 is 5.32 Å². The fraction of sp³-hybridized carbons (Fsp3) is 0.385. The first-order valence-electron chi connectivity index (χ1n) is 11.5. The molecular weight excluding hydrogens is 421 g/mol. The van der Waals surface area contributed by atoms with Gasteiger partial charge in [-0.15, -0.1) is 0 Å². The molecule has 3 aromatic rings. The zero-order chi connectivity index (χ0) is 23.4. The number of benzene rings is 2. The van der Waals surface area contributed by atoms with Crippen LogP contribution in [-0.2, 0) is 9.53 Å². The summed E-state index contributed by atoms with van der Waals surface area (Å²) in [6, 6.07) is 13.4. The van der Waals surface area contributed by atoms with Crippen LogP contribution in [0.5, 0.6) is 0 Å². The number of ether oxygens (including phenoxy) is 1. The van der Waals surface area contributed by atoms with Crippen LogP contribution in [0.15, 0.2) is 54.7 Å². The third kappa shape index (κ3) is 5.02. The van der Waals surface area contributed by atoms with E-state index in [4.69, 9.17) is 4.74 Å². The highest BCUT2D eigenvalue weighted by molar-refractivity contribution is 5.88. The molecule has 6 nitrogen and oxygen atoms in total. The van der Waals surface area contributed by atoms with Crippen molar-refractivity contribution in [1.29, 1.82) is 0 Å². The fourth-order valence-electron chi connectivity index (χ4n) is 4.65. The first kappa shape index (κ1) is 22.8. The Morgan fingerprint density at radius 1 is 1.15 bits per heavy atom. The molecule has 0 radical (unpaired) electrons. The number of hydrogen-bond donors (Lipinski definition) is 2. The average Bonchev–Trinajstić information content (AvgIpc) is 3.27. The second kappa shape index (κ2) is 10.1. The molecule has 0 unspecified atom stereocenters. The first-order chi connectivity index (χ1) is 16.0. The summed E-state index contributed by atoms with van der Waals surface area (Å²) in [6.07, 6.45) is 3.48. The Morgan fingerprint density at radius 2 is 1.85 bits per heavy atom. The van der Waals surface area contributed by atoms with Gasteiger partial charge < -0.3 is 19.9 Å². The van der Waals surface area contributed by atoms with Crippen molar-refractivity contribution < 1.29 is 18.7 Å². The second-order valence-corrected chi connectivity index (χ2v) is 8.57. The number of carbonyl (C=O) groups excluding carboxylic acids is 2. The Bertz CT molecular complexity index is 1100. The van der Waals surface area contributed by atoms with Gasteiger partial charge in [-0.25, -0.2) is 14.0 Å². The number of halogens is 1. The van der Waals surface area contributed by atoms with Crippen LogP contribution in [0.25, 0.3) is 10.9 Å². The molecule has 0 saturated carbocycles. The van der Waals surface area contributed by atoms with Crippen LogP contribution in [0.3, 0.4) is 0 Å². The van der Waals surface area contributed by atoms with Crippen LogP contribution in [0.4, 0.5) is 9.18 Å². The number of H-pyrrole nitrogens is 1. The summed E-state index contributed by atoms with van der Waals surface area (Å²) in [7, 11) is 0. The Morgan fingerprint density at radius 3 is 2.55 bits per heavy atom. The van der Waals surface area contributed by atoms with Gasteiger partial charge in [0.05, 0.1) is 6.61 Å². The van der Waals surface area contributed by atoms with E-state index >= 15 is 0 Å². The fourth-order valence-corrected chi connectivity index (χ4v) is 4.65. The number of likely N-dealkylation sites (tertiary alicyclic amines) is 1. The third-order valence-corrected chi connectivity index (χ3v) is 6.55. The number of hydrogen-bond acceptors (Lipinski definition) is 3. The summed E-state index contributed by atoms with van der Waals surface area (Å²) in [5.74, 6) is -0.670. The van der Waals surface area contributed by atoms with Gasteiger partial charge in [0.25, 0.3) is 0 Å². The molecule has 1 aliphatic rings. The minimum absolute atomic E-state index is 0.245. The van der Waals surface area contributed by atoms with Crippen LogP contribution >= 0.6 is 0 Å². The number of aromatic nitrogens is 1. The van der Waals surface area contributed by atoms with Gasteiger partial charge in [-0.05, 0) is 55.0 Å². The number of esters is 1. The van der Waals surface area contributed by atoms with Crippen molar-refractivity contribution in [1.82, 2.24) is 15.2 Å². The Kier molecular flexibility index (Phi) is 6.96. The van der Waals surface area contributed by atoms with Crippen molar-refractivity contribution in [3.8, 4) is 0 Å². The number of piperidine rings is 1. The van der Waals surface area contributed by atoms with Gasteiger partial charge in [-0.2, -0.15) is 0 Å². The Labute approximate surface area is 193 Å². The van der Waals surface area contributed by atoms with E-state index in [9.17, 15) is 14.0 Å². The highest BCUT2D eigenvalue weighted by atomic mass is 19.1. The predicted molar refractivity (Wildman–Crippen MR) is 126 cm³/mol. The lowest BCUT2D eigenvalue weighted by Crippen LogP contribution is -2.52. The average molecular weight is 452 g/mol. The number of carbonyl (C=O) groups is 2. The molecule has 0 spiro atoms. The second-order valence-electron chi connectivity index (χ2n) is 8.57. The minimum atomic E-state index is -0.800. The lowest BCUT2D eigenvalue weighted by Gasteiger charge is -2.34. The summed E-state index contributed by atoms with van der Waals surface area (Å²) in [5, 5.41) is 3.96. The van der Waals surface area contributed by atoms with Gasteiger partial charge in [0.1, 0.15) is 11.9 Å². The number of amides is 2. The van der Waals surface area contributed by atoms with Crippen molar-refractivity contribution in [3.63, 3.8) is 0 Å². The molecule has 0 bridgehead atoms. The zero-order valence-electron chi connectivity index (χ0n) is 19.0. The van der Waals surface area contributed by atoms with Crippen molar-refractivity contribution >= 4 is 22.9 Å². The van der Waals surface area contributed by atoms with Crippen molar-refractivity contribution in [2.45, 2.75) is 44.6 Å². The lowest BCUT2D eigenvalue weighted by atomic mass is 9.89. The Hall–Kier alpha value is -3.35. The van der Waals surface area contributed by atoms with Gasteiger partial charge in [0.15, 0.2) is 0 Å². The molecule has 2 heterocycles. The van der Waals surface area contributed by atoms with Gasteiger partial charge in [0.2, 0.25) is 0 Å². The van der Waals surface area contributed by atoms with Gasteiger partial charge in [-0.3, -0.25) is 0 Å². The first-order valence-corrected chi connectivity index (χ1v) is 11.5. The van der Waals surface area contributed by atoms with Crippen LogP contribution in [0.2, 0.25) is 0 Å². The summed E-state index contributed by atoms with van der Waals surface area (Å²) in [6.45, 7) is 5.08. The van der Waals surface area contributed by atoms with Crippen molar-refractivity contribution in [3.05, 3.63) is 71.7 Å². The van der Waals surface area contributed by atoms with E-state index in [1.165, 1.54) is 12.1 Å². The highest BCUT2D eigenvalue weighted by Crippen LogP contribution is 2.30. The normalized spacial score (nSPS) is 16.4. The largest absolute Gasteiger partial charge is 0.464 e. The van der Waals surface area contributed by atoms with E-state index < -0.39 is 12.0 Å². The molecule has 174 valence electrons. The number of fused-ring (bicyclic) bond motifs is 1. The number of aromatic amines is 1. The van der Waals surface area contributed by atoms with E-state index in [1.54, 1.807) is 11.8 Å². The standard InChI is InChI=1S/C26H30FN3O3/c1-3-33-25(31)24(17(2)22-16-28-23-7-5-4-6-21(22)23)29-26(32)30-14-12-19(13-15-30)18-8-10-20(27)11-9-18/h4-11,16-17,19,24,28H,3,12-15H2,1-2H3,(H,29,32)/t17-,24+/m0/s1. The van der Waals surface area contributed by atoms with Gasteiger partial charge in [-0.1, -0.05) is 37.3 Å². The van der Waals surface area contributed by atoms with Gasteiger partial charge >= 0.3 is 12.0 Å². The van der Waals surface area contributed by atoms with Crippen molar-refractivity contribution in [2.24, 2.45) is 0 Å². The summed E-state index contributed by atoms with van der Waals surface area (Å²) < 4.78 is 18.5. The number of nitrogens with one attached hydrogen (secondary N) is 2. The minimum Gasteiger partial charge on any atom is -0.464 e. The molecule has 2 atom stereocenters. The molecule has 7 heteroatoms. The molecule has 2 N–H and O–H groups in total. The SMILES string of the molecule is CCOC(=O)[C@H](NC(=O)N1CCC(c2ccc(F)cc2)CC1)[C@@H](C)c1c[nH]c2ccccc12. The van der Waals surface area contributed by atoms with Crippen LogP contribution in [0, 0.1) is 5.82 Å². The summed E-state index contributed by atoms with van der Waals surface area (Å²) in [5.41, 5.74) is 3.03. The molecule has 2 amide bonds. The zero-order valence-corrected chi connectivity index (χ0v) is 19.0. The molecule has 2 aromatic carbocycles. The molecular formula is C26H30FN3O3. The van der Waals surface area contributed by atoms with Crippen molar-refractivity contribution in [2.75, 3.05) is 19.7 Å². The topological polar surface area (TPSA) is 74.4 Å². The molecule has 4 rings (SSSR count). The van der Waals surface area contributed by atoms with E-state index in [-0.39, 0.29) is 24.4 Å². The molecule has 1 fully saturated rings. The maximum atomic E-state index is 13.2. The highest BCUT2D eigenvalue weighted by Gasteiger charge is 2.33. The van der Waals surface area contributed by atoms with Gasteiger partial charge in [0, 0.05) is 36.1 Å². The molecule has 1 aromatic heterocycles. The maximum absolute atomic E-state index is 13.2. The van der Waals surface area contributed by atoms with Crippen LogP contribution in [-0.4, -0.2) is 47.6 Å². The van der Waals surface area contributed by atoms with E-state index in [0.717, 1.165) is 34.9 Å². The maximum Gasteiger partial charge on any atom is 0.329 e. The van der Waals surface area contributed by atoms with E-state index in [2.05, 4.69) is 10.3 Å². The molecule has 1 saturated heterocycles. The number of rotatable bonds is 6. The van der Waals surface area contributed by atoms with E-state index in [0.29, 0.717) is 19.0 Å². The number of nitrogens with zero attached hydrogens (tertiary/aromatic N) is 1. The molecule has 0 aliphatic carbocycles.